The van der Waals surface area contributed by atoms with E-state index in [-0.39, 0.29) is 0 Å². The summed E-state index contributed by atoms with van der Waals surface area (Å²) in [6, 6.07) is 0. The topological polar surface area (TPSA) is 44.8 Å². The molecule has 5 heteroatoms. The van der Waals surface area contributed by atoms with Crippen LogP contribution in [-0.4, -0.2) is 26.3 Å². The van der Waals surface area contributed by atoms with Crippen molar-refractivity contribution >= 4 is 12.8 Å². The minimum Gasteiger partial charge on any atom is -0.262 e. The fourth-order valence-electron chi connectivity index (χ4n) is 1.09. The van der Waals surface area contributed by atoms with E-state index in [2.05, 4.69) is 28.2 Å². The van der Waals surface area contributed by atoms with Crippen molar-refractivity contribution in [3.8, 4) is 0 Å². The average molecular weight is 156 g/mol. The Kier molecular flexibility index (Phi) is 1.39. The van der Waals surface area contributed by atoms with Crippen molar-refractivity contribution < 1.29 is 0 Å². The van der Waals surface area contributed by atoms with Gasteiger partial charge in [0.1, 0.15) is 5.69 Å². The van der Waals surface area contributed by atoms with Crippen LogP contribution in [0.4, 0.5) is 0 Å². The third kappa shape index (κ3) is 0.911. The number of H-pyrrole nitrogens is 1. The van der Waals surface area contributed by atoms with Gasteiger partial charge >= 0.3 is 0 Å². The van der Waals surface area contributed by atoms with E-state index in [1.54, 1.807) is 0 Å². The van der Waals surface area contributed by atoms with Crippen LogP contribution in [0.2, 0.25) is 0 Å². The minimum absolute atomic E-state index is 0.801. The third-order valence-electron chi connectivity index (χ3n) is 1.66. The van der Waals surface area contributed by atoms with Gasteiger partial charge < -0.3 is 0 Å². The largest absolute Gasteiger partial charge is 0.262 e. The van der Waals surface area contributed by atoms with Gasteiger partial charge in [-0.3, -0.25) is 5.10 Å². The Morgan fingerprint density at radius 3 is 3.40 bits per heavy atom. The summed E-state index contributed by atoms with van der Waals surface area (Å²) in [4.78, 5) is 0. The van der Waals surface area contributed by atoms with Crippen molar-refractivity contribution in [2.45, 2.75) is 13.0 Å². The van der Waals surface area contributed by atoms with Crippen molar-refractivity contribution in [2.75, 3.05) is 6.54 Å². The van der Waals surface area contributed by atoms with Crippen LogP contribution in [0.1, 0.15) is 11.4 Å². The molecule has 0 saturated carbocycles. The smallest absolute Gasteiger partial charge is 0.101 e. The van der Waals surface area contributed by atoms with Gasteiger partial charge in [0.15, 0.2) is 0 Å². The monoisotopic (exact) mass is 156 g/mol. The number of aromatic nitrogens is 3. The molecule has 0 saturated heterocycles. The molecule has 1 aromatic rings. The summed E-state index contributed by atoms with van der Waals surface area (Å²) in [6.07, 6.45) is 0.978. The SMILES string of the molecule is SN1CCc2[nH]nnc2C1. The molecule has 54 valence electrons. The van der Waals surface area contributed by atoms with Crippen molar-refractivity contribution in [3.05, 3.63) is 11.4 Å². The Morgan fingerprint density at radius 1 is 1.60 bits per heavy atom. The maximum Gasteiger partial charge on any atom is 0.101 e. The number of nitrogens with one attached hydrogen (secondary N) is 1. The average Bonchev–Trinajstić information content (AvgIpc) is 2.33. The molecule has 0 amide bonds. The van der Waals surface area contributed by atoms with Crippen LogP contribution >= 0.6 is 12.8 Å². The van der Waals surface area contributed by atoms with E-state index in [1.807, 2.05) is 4.31 Å². The predicted molar refractivity (Wildman–Crippen MR) is 39.5 cm³/mol. The Labute approximate surface area is 64.2 Å². The number of thiol groups is 1. The lowest BCUT2D eigenvalue weighted by Crippen LogP contribution is -2.22. The molecule has 1 aliphatic rings. The minimum atomic E-state index is 0.801. The highest BCUT2D eigenvalue weighted by atomic mass is 32.1. The maximum absolute atomic E-state index is 4.21. The fourth-order valence-corrected chi connectivity index (χ4v) is 1.32. The summed E-state index contributed by atoms with van der Waals surface area (Å²) in [5.74, 6) is 0. The molecule has 0 aromatic carbocycles. The first kappa shape index (κ1) is 6.18. The molecular weight excluding hydrogens is 148 g/mol. The van der Waals surface area contributed by atoms with Gasteiger partial charge in [0.05, 0.1) is 12.2 Å². The Morgan fingerprint density at radius 2 is 2.50 bits per heavy atom. The zero-order valence-corrected chi connectivity index (χ0v) is 6.30. The van der Waals surface area contributed by atoms with Crippen LogP contribution in [0.3, 0.4) is 0 Å². The summed E-state index contributed by atoms with van der Waals surface area (Å²) >= 11 is 4.21. The van der Waals surface area contributed by atoms with Gasteiger partial charge in [-0.2, -0.15) is 0 Å². The molecule has 0 atom stereocenters. The summed E-state index contributed by atoms with van der Waals surface area (Å²) in [7, 11) is 0. The summed E-state index contributed by atoms with van der Waals surface area (Å²) in [5.41, 5.74) is 2.19. The summed E-state index contributed by atoms with van der Waals surface area (Å²) < 4.78 is 1.94. The molecule has 2 heterocycles. The number of fused-ring (bicyclic) bond motifs is 1. The molecular formula is C5H8N4S. The van der Waals surface area contributed by atoms with E-state index in [9.17, 15) is 0 Å². The predicted octanol–water partition coefficient (Wildman–Crippen LogP) is 0.00760. The molecule has 2 rings (SSSR count). The van der Waals surface area contributed by atoms with Gasteiger partial charge in [-0.05, 0) is 0 Å². The molecule has 0 bridgehead atoms. The second-order valence-corrected chi connectivity index (χ2v) is 2.94. The van der Waals surface area contributed by atoms with Crippen LogP contribution in [0.15, 0.2) is 0 Å². The number of rotatable bonds is 0. The molecule has 4 nitrogen and oxygen atoms in total. The molecule has 10 heavy (non-hydrogen) atoms. The fraction of sp³-hybridized carbons (Fsp3) is 0.600. The normalized spacial score (nSPS) is 18.9. The van der Waals surface area contributed by atoms with Gasteiger partial charge in [0, 0.05) is 13.0 Å². The van der Waals surface area contributed by atoms with Crippen LogP contribution < -0.4 is 0 Å². The van der Waals surface area contributed by atoms with E-state index in [0.29, 0.717) is 0 Å². The Bertz CT molecular complexity index is 233. The number of nitrogens with zero attached hydrogens (tertiary/aromatic N) is 3. The summed E-state index contributed by atoms with van der Waals surface area (Å²) in [5, 5.41) is 10.5. The lowest BCUT2D eigenvalue weighted by Gasteiger charge is -2.18. The number of hydrogen-bond donors (Lipinski definition) is 2. The first-order valence-corrected chi connectivity index (χ1v) is 3.59. The van der Waals surface area contributed by atoms with E-state index in [1.165, 1.54) is 0 Å². The highest BCUT2D eigenvalue weighted by Gasteiger charge is 2.15. The third-order valence-corrected chi connectivity index (χ3v) is 2.00. The van der Waals surface area contributed by atoms with Gasteiger partial charge in [0.2, 0.25) is 0 Å². The molecule has 0 aliphatic carbocycles. The first-order valence-electron chi connectivity index (χ1n) is 3.19. The van der Waals surface area contributed by atoms with Gasteiger partial charge in [-0.15, -0.1) is 5.10 Å². The lowest BCUT2D eigenvalue weighted by molar-refractivity contribution is 0.441. The molecule has 0 fully saturated rings. The molecule has 1 N–H and O–H groups in total. The Hall–Kier alpha value is -0.550. The zero-order chi connectivity index (χ0) is 6.97. The van der Waals surface area contributed by atoms with Gasteiger partial charge in [-0.1, -0.05) is 18.0 Å². The quantitative estimate of drug-likeness (QED) is 0.520. The summed E-state index contributed by atoms with van der Waals surface area (Å²) in [6.45, 7) is 1.77. The number of aromatic amines is 1. The van der Waals surface area contributed by atoms with E-state index in [0.717, 1.165) is 30.9 Å². The van der Waals surface area contributed by atoms with Crippen LogP contribution in [0.5, 0.6) is 0 Å². The standard InChI is InChI=1S/C5H8N4S/c10-9-2-1-4-5(3-9)7-8-6-4/h10H,1-3H2,(H,6,7,8). The van der Waals surface area contributed by atoms with E-state index < -0.39 is 0 Å². The van der Waals surface area contributed by atoms with Gasteiger partial charge in [0.25, 0.3) is 0 Å². The molecule has 1 aliphatic heterocycles. The lowest BCUT2D eigenvalue weighted by atomic mass is 10.2. The number of hydrogen-bond acceptors (Lipinski definition) is 4. The van der Waals surface area contributed by atoms with Crippen molar-refractivity contribution in [1.29, 1.82) is 0 Å². The first-order chi connectivity index (χ1) is 4.86. The van der Waals surface area contributed by atoms with Crippen molar-refractivity contribution in [2.24, 2.45) is 0 Å². The van der Waals surface area contributed by atoms with Crippen LogP contribution in [-0.2, 0) is 13.0 Å². The maximum atomic E-state index is 4.21. The second kappa shape index (κ2) is 2.25. The zero-order valence-electron chi connectivity index (χ0n) is 5.41. The molecule has 0 spiro atoms. The van der Waals surface area contributed by atoms with Crippen molar-refractivity contribution in [1.82, 2.24) is 19.7 Å². The second-order valence-electron chi connectivity index (χ2n) is 2.38. The van der Waals surface area contributed by atoms with Crippen molar-refractivity contribution in [3.63, 3.8) is 0 Å². The molecule has 0 radical (unpaired) electrons. The van der Waals surface area contributed by atoms with Crippen LogP contribution in [0.25, 0.3) is 0 Å². The molecule has 0 unspecified atom stereocenters. The van der Waals surface area contributed by atoms with Crippen LogP contribution in [0, 0.1) is 0 Å². The van der Waals surface area contributed by atoms with E-state index in [4.69, 9.17) is 0 Å². The Balaban J connectivity index is 2.30. The molecule has 1 aromatic heterocycles. The van der Waals surface area contributed by atoms with E-state index >= 15 is 0 Å². The highest BCUT2D eigenvalue weighted by molar-refractivity contribution is 7.77. The van der Waals surface area contributed by atoms with Gasteiger partial charge in [-0.25, -0.2) is 4.31 Å². The highest BCUT2D eigenvalue weighted by Crippen LogP contribution is 2.14.